The lowest BCUT2D eigenvalue weighted by Crippen LogP contribution is -1.89. The van der Waals surface area contributed by atoms with Crippen LogP contribution in [-0.4, -0.2) is 5.11 Å². The molecule has 1 nitrogen and oxygen atoms in total. The first kappa shape index (κ1) is 12.8. The molecule has 0 fully saturated rings. The number of rotatable bonds is 3. The van der Waals surface area contributed by atoms with Crippen LogP contribution in [0.3, 0.4) is 0 Å². The fourth-order valence-electron chi connectivity index (χ4n) is 1.45. The lowest BCUT2D eigenvalue weighted by molar-refractivity contribution is 0.279. The molecule has 0 aliphatic carbocycles. The van der Waals surface area contributed by atoms with E-state index in [1.54, 1.807) is 12.1 Å². The molecule has 2 aromatic carbocycles. The van der Waals surface area contributed by atoms with Gasteiger partial charge < -0.3 is 5.11 Å². The fraction of sp³-hybridized carbons (Fsp3) is 0.0769. The van der Waals surface area contributed by atoms with E-state index >= 15 is 0 Å². The molecule has 0 aromatic heterocycles. The SMILES string of the molecule is OCc1cc(Cl)cc(Cl)c1Sc1ccccc1. The Morgan fingerprint density at radius 2 is 1.76 bits per heavy atom. The number of halogens is 2. The second-order valence-corrected chi connectivity index (χ2v) is 5.38. The standard InChI is InChI=1S/C13H10Cl2OS/c14-10-6-9(8-16)13(12(15)7-10)17-11-4-2-1-3-5-11/h1-7,16H,8H2. The number of benzene rings is 2. The smallest absolute Gasteiger partial charge is 0.0693 e. The third-order valence-corrected chi connectivity index (χ3v) is 4.04. The maximum absolute atomic E-state index is 9.31. The summed E-state index contributed by atoms with van der Waals surface area (Å²) in [6.45, 7) is -0.0740. The van der Waals surface area contributed by atoms with Crippen LogP contribution in [0, 0.1) is 0 Å². The fourth-order valence-corrected chi connectivity index (χ4v) is 3.04. The van der Waals surface area contributed by atoms with Crippen LogP contribution >= 0.6 is 35.0 Å². The molecule has 0 bridgehead atoms. The lowest BCUT2D eigenvalue weighted by atomic mass is 10.2. The molecule has 0 aliphatic heterocycles. The molecule has 0 atom stereocenters. The zero-order valence-electron chi connectivity index (χ0n) is 8.86. The van der Waals surface area contributed by atoms with Crippen molar-refractivity contribution in [2.24, 2.45) is 0 Å². The van der Waals surface area contributed by atoms with E-state index in [0.29, 0.717) is 10.0 Å². The highest BCUT2D eigenvalue weighted by atomic mass is 35.5. The zero-order valence-corrected chi connectivity index (χ0v) is 11.2. The van der Waals surface area contributed by atoms with Crippen LogP contribution in [0.25, 0.3) is 0 Å². The van der Waals surface area contributed by atoms with E-state index in [-0.39, 0.29) is 6.61 Å². The summed E-state index contributed by atoms with van der Waals surface area (Å²) < 4.78 is 0. The zero-order chi connectivity index (χ0) is 12.3. The molecule has 0 radical (unpaired) electrons. The maximum atomic E-state index is 9.31. The molecule has 0 spiro atoms. The van der Waals surface area contributed by atoms with Gasteiger partial charge in [0.2, 0.25) is 0 Å². The summed E-state index contributed by atoms with van der Waals surface area (Å²) in [6.07, 6.45) is 0. The van der Waals surface area contributed by atoms with E-state index in [9.17, 15) is 5.11 Å². The van der Waals surface area contributed by atoms with Gasteiger partial charge in [0, 0.05) is 14.8 Å². The monoisotopic (exact) mass is 284 g/mol. The average molecular weight is 285 g/mol. The Balaban J connectivity index is 2.38. The average Bonchev–Trinajstić information content (AvgIpc) is 2.33. The molecule has 0 unspecified atom stereocenters. The Bertz CT molecular complexity index is 514. The van der Waals surface area contributed by atoms with Crippen LogP contribution in [0.2, 0.25) is 10.0 Å². The van der Waals surface area contributed by atoms with Crippen molar-refractivity contribution in [1.29, 1.82) is 0 Å². The Labute approximate surface area is 114 Å². The molecule has 1 N–H and O–H groups in total. The molecule has 2 aromatic rings. The van der Waals surface area contributed by atoms with Crippen LogP contribution in [0.15, 0.2) is 52.3 Å². The number of hydrogen-bond donors (Lipinski definition) is 1. The summed E-state index contributed by atoms with van der Waals surface area (Å²) in [5.41, 5.74) is 0.747. The van der Waals surface area contributed by atoms with Gasteiger partial charge in [-0.25, -0.2) is 0 Å². The minimum Gasteiger partial charge on any atom is -0.392 e. The first-order valence-corrected chi connectivity index (χ1v) is 6.59. The quantitative estimate of drug-likeness (QED) is 0.886. The molecule has 0 amide bonds. The summed E-state index contributed by atoms with van der Waals surface area (Å²) in [5, 5.41) is 10.4. The molecule has 2 rings (SSSR count). The van der Waals surface area contributed by atoms with Gasteiger partial charge in [-0.15, -0.1) is 0 Å². The summed E-state index contributed by atoms with van der Waals surface area (Å²) in [5.74, 6) is 0. The summed E-state index contributed by atoms with van der Waals surface area (Å²) >= 11 is 13.6. The van der Waals surface area contributed by atoms with E-state index in [1.807, 2.05) is 30.3 Å². The number of hydrogen-bond acceptors (Lipinski definition) is 2. The molecular formula is C13H10Cl2OS. The molecule has 17 heavy (non-hydrogen) atoms. The van der Waals surface area contributed by atoms with Crippen molar-refractivity contribution in [3.8, 4) is 0 Å². The van der Waals surface area contributed by atoms with Crippen molar-refractivity contribution in [2.45, 2.75) is 16.4 Å². The highest BCUT2D eigenvalue weighted by Gasteiger charge is 2.10. The number of aliphatic hydroxyl groups excluding tert-OH is 1. The number of aliphatic hydroxyl groups is 1. The van der Waals surface area contributed by atoms with Crippen LogP contribution in [-0.2, 0) is 6.61 Å². The van der Waals surface area contributed by atoms with Gasteiger partial charge in [-0.2, -0.15) is 0 Å². The van der Waals surface area contributed by atoms with E-state index < -0.39 is 0 Å². The van der Waals surface area contributed by atoms with Crippen LogP contribution in [0.1, 0.15) is 5.56 Å². The first-order chi connectivity index (χ1) is 8.20. The van der Waals surface area contributed by atoms with Gasteiger partial charge >= 0.3 is 0 Å². The minimum absolute atomic E-state index is 0.0740. The highest BCUT2D eigenvalue weighted by Crippen LogP contribution is 2.37. The predicted octanol–water partition coefficient (Wildman–Crippen LogP) is 4.64. The van der Waals surface area contributed by atoms with E-state index in [2.05, 4.69) is 0 Å². The summed E-state index contributed by atoms with van der Waals surface area (Å²) in [4.78, 5) is 1.93. The molecule has 88 valence electrons. The minimum atomic E-state index is -0.0740. The maximum Gasteiger partial charge on any atom is 0.0693 e. The van der Waals surface area contributed by atoms with Gasteiger partial charge in [0.15, 0.2) is 0 Å². The van der Waals surface area contributed by atoms with Crippen LogP contribution in [0.5, 0.6) is 0 Å². The summed E-state index contributed by atoms with van der Waals surface area (Å²) in [6, 6.07) is 13.3. The van der Waals surface area contributed by atoms with Gasteiger partial charge in [0.1, 0.15) is 0 Å². The second-order valence-electron chi connectivity index (χ2n) is 3.45. The molecule has 0 heterocycles. The van der Waals surface area contributed by atoms with Gasteiger partial charge in [0.25, 0.3) is 0 Å². The predicted molar refractivity (Wildman–Crippen MR) is 72.9 cm³/mol. The van der Waals surface area contributed by atoms with Crippen molar-refractivity contribution in [3.05, 3.63) is 58.1 Å². The van der Waals surface area contributed by atoms with Gasteiger partial charge in [-0.3, -0.25) is 0 Å². The van der Waals surface area contributed by atoms with E-state index in [0.717, 1.165) is 15.4 Å². The Hall–Kier alpha value is -0.670. The highest BCUT2D eigenvalue weighted by molar-refractivity contribution is 7.99. The second kappa shape index (κ2) is 5.78. The molecule has 0 saturated heterocycles. The molecule has 0 saturated carbocycles. The third-order valence-electron chi connectivity index (χ3n) is 2.22. The normalized spacial score (nSPS) is 10.5. The van der Waals surface area contributed by atoms with Gasteiger partial charge in [-0.1, -0.05) is 53.2 Å². The van der Waals surface area contributed by atoms with Crippen LogP contribution < -0.4 is 0 Å². The topological polar surface area (TPSA) is 20.2 Å². The summed E-state index contributed by atoms with van der Waals surface area (Å²) in [7, 11) is 0. The Morgan fingerprint density at radius 3 is 2.41 bits per heavy atom. The first-order valence-electron chi connectivity index (χ1n) is 5.02. The lowest BCUT2D eigenvalue weighted by Gasteiger charge is -2.10. The Kier molecular flexibility index (Phi) is 4.35. The molecule has 0 aliphatic rings. The van der Waals surface area contributed by atoms with Crippen LogP contribution in [0.4, 0.5) is 0 Å². The largest absolute Gasteiger partial charge is 0.392 e. The Morgan fingerprint density at radius 1 is 1.06 bits per heavy atom. The molecular weight excluding hydrogens is 275 g/mol. The molecule has 4 heteroatoms. The van der Waals surface area contributed by atoms with Crippen molar-refractivity contribution in [3.63, 3.8) is 0 Å². The van der Waals surface area contributed by atoms with E-state index in [4.69, 9.17) is 23.2 Å². The third kappa shape index (κ3) is 3.17. The van der Waals surface area contributed by atoms with Crippen molar-refractivity contribution < 1.29 is 5.11 Å². The van der Waals surface area contributed by atoms with Gasteiger partial charge in [-0.05, 0) is 29.8 Å². The van der Waals surface area contributed by atoms with E-state index in [1.165, 1.54) is 11.8 Å². The van der Waals surface area contributed by atoms with Crippen molar-refractivity contribution in [1.82, 2.24) is 0 Å². The van der Waals surface area contributed by atoms with Crippen molar-refractivity contribution in [2.75, 3.05) is 0 Å². The van der Waals surface area contributed by atoms with Crippen molar-refractivity contribution >= 4 is 35.0 Å². The van der Waals surface area contributed by atoms with Gasteiger partial charge in [0.05, 0.1) is 11.6 Å².